The van der Waals surface area contributed by atoms with Gasteiger partial charge in [0.15, 0.2) is 0 Å². The summed E-state index contributed by atoms with van der Waals surface area (Å²) >= 11 is 0. The first kappa shape index (κ1) is 30.2. The number of cyclic esters (lactones) is 1. The van der Waals surface area contributed by atoms with Gasteiger partial charge in [0, 0.05) is 49.5 Å². The molecule has 2 heterocycles. The van der Waals surface area contributed by atoms with Crippen molar-refractivity contribution < 1.29 is 23.9 Å². The summed E-state index contributed by atoms with van der Waals surface area (Å²) in [6.45, 7) is 11.5. The Morgan fingerprint density at radius 2 is 1.63 bits per heavy atom. The van der Waals surface area contributed by atoms with Crippen LogP contribution in [0.5, 0.6) is 0 Å². The lowest BCUT2D eigenvalue weighted by atomic mass is 10.1. The van der Waals surface area contributed by atoms with Gasteiger partial charge in [-0.15, -0.1) is 0 Å². The molecular weight excluding hydrogens is 546 g/mol. The van der Waals surface area contributed by atoms with Crippen molar-refractivity contribution in [2.24, 2.45) is 0 Å². The summed E-state index contributed by atoms with van der Waals surface area (Å²) in [5, 5.41) is 13.1. The number of piperazine rings is 1. The van der Waals surface area contributed by atoms with Gasteiger partial charge in [-0.2, -0.15) is 0 Å². The highest BCUT2D eigenvalue weighted by molar-refractivity contribution is 6.12. The number of ether oxygens (including phenoxy) is 2. The third-order valence-electron chi connectivity index (χ3n) is 7.76. The Balaban J connectivity index is 1.11. The standard InChI is InChI=1S/C33H39N5O5/c1-22(31(40)43-33(2,3)4)37-17-15-36(16-18-37)20-28-21-38(32(41)42-28)27-13-11-24(12-14-27)29(34)35-30(39)26-10-9-23-7-5-6-8-25(23)19-26/h5-14,19,22,28H,15-18,20-21H2,1-4H3,(H2,34,35,39). The molecule has 5 rings (SSSR count). The summed E-state index contributed by atoms with van der Waals surface area (Å²) < 4.78 is 11.2. The number of benzene rings is 3. The second kappa shape index (κ2) is 12.5. The topological polar surface area (TPSA) is 115 Å². The summed E-state index contributed by atoms with van der Waals surface area (Å²) in [4.78, 5) is 43.9. The number of rotatable bonds is 7. The van der Waals surface area contributed by atoms with Crippen LogP contribution >= 0.6 is 0 Å². The Kier molecular flexibility index (Phi) is 8.79. The van der Waals surface area contributed by atoms with Crippen molar-refractivity contribution >= 4 is 40.3 Å². The molecule has 2 unspecified atom stereocenters. The minimum absolute atomic E-state index is 0.0216. The van der Waals surface area contributed by atoms with Crippen LogP contribution in [0.4, 0.5) is 10.5 Å². The van der Waals surface area contributed by atoms with E-state index in [0.717, 1.165) is 37.0 Å². The van der Waals surface area contributed by atoms with E-state index in [1.54, 1.807) is 41.3 Å². The fourth-order valence-corrected chi connectivity index (χ4v) is 5.38. The van der Waals surface area contributed by atoms with Gasteiger partial charge >= 0.3 is 12.1 Å². The number of esters is 1. The highest BCUT2D eigenvalue weighted by Crippen LogP contribution is 2.23. The number of carbonyl (C=O) groups excluding carboxylic acids is 3. The monoisotopic (exact) mass is 585 g/mol. The maximum atomic E-state index is 12.8. The number of amides is 2. The molecule has 0 aliphatic carbocycles. The summed E-state index contributed by atoms with van der Waals surface area (Å²) in [6, 6.07) is 19.9. The van der Waals surface area contributed by atoms with Gasteiger partial charge in [0.1, 0.15) is 23.6 Å². The van der Waals surface area contributed by atoms with Gasteiger partial charge in [0.05, 0.1) is 6.54 Å². The predicted octanol–water partition coefficient (Wildman–Crippen LogP) is 4.27. The van der Waals surface area contributed by atoms with Gasteiger partial charge in [-0.25, -0.2) is 4.79 Å². The lowest BCUT2D eigenvalue weighted by Gasteiger charge is -2.38. The molecule has 2 aliphatic rings. The first-order chi connectivity index (χ1) is 20.5. The van der Waals surface area contributed by atoms with Gasteiger partial charge in [-0.3, -0.25) is 29.7 Å². The number of amidine groups is 1. The quantitative estimate of drug-likeness (QED) is 0.242. The molecule has 2 saturated heterocycles. The number of carbonyl (C=O) groups is 3. The van der Waals surface area contributed by atoms with Crippen LogP contribution in [0.25, 0.3) is 10.8 Å². The van der Waals surface area contributed by atoms with Crippen molar-refractivity contribution in [3.8, 4) is 0 Å². The summed E-state index contributed by atoms with van der Waals surface area (Å²) in [6.07, 6.45) is -0.684. The van der Waals surface area contributed by atoms with E-state index in [1.165, 1.54) is 0 Å². The van der Waals surface area contributed by atoms with Crippen LogP contribution < -0.4 is 10.2 Å². The van der Waals surface area contributed by atoms with Gasteiger partial charge in [0.2, 0.25) is 0 Å². The molecule has 0 spiro atoms. The van der Waals surface area contributed by atoms with Gasteiger partial charge in [-0.05, 0) is 74.9 Å². The highest BCUT2D eigenvalue weighted by atomic mass is 16.6. The van der Waals surface area contributed by atoms with E-state index in [4.69, 9.17) is 14.9 Å². The molecule has 0 saturated carbocycles. The Hall–Kier alpha value is -4.28. The van der Waals surface area contributed by atoms with E-state index in [2.05, 4.69) is 15.1 Å². The van der Waals surface area contributed by atoms with Crippen molar-refractivity contribution in [3.05, 3.63) is 77.9 Å². The van der Waals surface area contributed by atoms with Crippen molar-refractivity contribution in [2.45, 2.75) is 45.4 Å². The Labute approximate surface area is 252 Å². The molecule has 10 heteroatoms. The number of nitrogens with zero attached hydrogens (tertiary/aromatic N) is 3. The highest BCUT2D eigenvalue weighted by Gasteiger charge is 2.35. The van der Waals surface area contributed by atoms with E-state index >= 15 is 0 Å². The number of hydrogen-bond acceptors (Lipinski definition) is 8. The lowest BCUT2D eigenvalue weighted by Crippen LogP contribution is -2.54. The van der Waals surface area contributed by atoms with E-state index in [1.807, 2.05) is 58.0 Å². The van der Waals surface area contributed by atoms with Crippen molar-refractivity contribution in [1.29, 1.82) is 5.41 Å². The summed E-state index contributed by atoms with van der Waals surface area (Å²) in [5.41, 5.74) is 1.16. The normalized spacial score (nSPS) is 18.7. The molecule has 2 amide bonds. The summed E-state index contributed by atoms with van der Waals surface area (Å²) in [5.74, 6) is -0.590. The molecule has 0 bridgehead atoms. The van der Waals surface area contributed by atoms with Gasteiger partial charge in [-0.1, -0.05) is 30.3 Å². The molecule has 2 atom stereocenters. The van der Waals surface area contributed by atoms with Crippen molar-refractivity contribution in [1.82, 2.24) is 15.1 Å². The van der Waals surface area contributed by atoms with E-state index in [-0.39, 0.29) is 29.9 Å². The predicted molar refractivity (Wildman–Crippen MR) is 166 cm³/mol. The zero-order valence-electron chi connectivity index (χ0n) is 25.1. The van der Waals surface area contributed by atoms with Crippen LogP contribution in [0.15, 0.2) is 66.7 Å². The average molecular weight is 586 g/mol. The summed E-state index contributed by atoms with van der Waals surface area (Å²) in [7, 11) is 0. The smallest absolute Gasteiger partial charge is 0.414 e. The molecule has 43 heavy (non-hydrogen) atoms. The molecule has 2 N–H and O–H groups in total. The fourth-order valence-electron chi connectivity index (χ4n) is 5.38. The first-order valence-electron chi connectivity index (χ1n) is 14.6. The maximum Gasteiger partial charge on any atom is 0.414 e. The Morgan fingerprint density at radius 3 is 2.30 bits per heavy atom. The molecule has 3 aromatic rings. The van der Waals surface area contributed by atoms with Gasteiger partial charge in [0.25, 0.3) is 5.91 Å². The molecule has 226 valence electrons. The molecule has 0 radical (unpaired) electrons. The molecule has 10 nitrogen and oxygen atoms in total. The van der Waals surface area contributed by atoms with Crippen LogP contribution in [-0.4, -0.2) is 90.6 Å². The second-order valence-electron chi connectivity index (χ2n) is 12.1. The van der Waals surface area contributed by atoms with E-state index < -0.39 is 11.7 Å². The molecule has 0 aromatic heterocycles. The van der Waals surface area contributed by atoms with Crippen molar-refractivity contribution in [3.63, 3.8) is 0 Å². The number of nitrogens with one attached hydrogen (secondary N) is 2. The number of fused-ring (bicyclic) bond motifs is 1. The minimum atomic E-state index is -0.512. The van der Waals surface area contributed by atoms with Crippen LogP contribution in [0.3, 0.4) is 0 Å². The van der Waals surface area contributed by atoms with Crippen LogP contribution in [0.2, 0.25) is 0 Å². The average Bonchev–Trinajstić information content (AvgIpc) is 3.35. The maximum absolute atomic E-state index is 12.8. The minimum Gasteiger partial charge on any atom is -0.459 e. The van der Waals surface area contributed by atoms with Crippen molar-refractivity contribution in [2.75, 3.05) is 44.2 Å². The van der Waals surface area contributed by atoms with Crippen LogP contribution in [0.1, 0.15) is 43.6 Å². The molecule has 2 fully saturated rings. The zero-order chi connectivity index (χ0) is 30.7. The largest absolute Gasteiger partial charge is 0.459 e. The lowest BCUT2D eigenvalue weighted by molar-refractivity contribution is -0.161. The molecule has 3 aromatic carbocycles. The first-order valence-corrected chi connectivity index (χ1v) is 14.6. The van der Waals surface area contributed by atoms with Gasteiger partial charge < -0.3 is 14.8 Å². The Bertz CT molecular complexity index is 1510. The second-order valence-corrected chi connectivity index (χ2v) is 12.1. The number of hydrogen-bond donors (Lipinski definition) is 2. The SMILES string of the molecule is CC(C(=O)OC(C)(C)C)N1CCN(CC2CN(c3ccc(C(=N)NC(=O)c4ccc5ccccc5c4)cc3)C(=O)O2)CC1. The Morgan fingerprint density at radius 1 is 0.977 bits per heavy atom. The van der Waals surface area contributed by atoms with E-state index in [0.29, 0.717) is 29.9 Å². The van der Waals surface area contributed by atoms with Crippen LogP contribution in [0, 0.1) is 5.41 Å². The third-order valence-corrected chi connectivity index (χ3v) is 7.76. The number of anilines is 1. The zero-order valence-corrected chi connectivity index (χ0v) is 25.1. The molecular formula is C33H39N5O5. The molecule has 2 aliphatic heterocycles. The van der Waals surface area contributed by atoms with Crippen LogP contribution in [-0.2, 0) is 14.3 Å². The third kappa shape index (κ3) is 7.39. The fraction of sp³-hybridized carbons (Fsp3) is 0.394. The van der Waals surface area contributed by atoms with E-state index in [9.17, 15) is 14.4 Å².